The number of thiophene rings is 1. The van der Waals surface area contributed by atoms with Crippen molar-refractivity contribution in [3.05, 3.63) is 44.6 Å². The van der Waals surface area contributed by atoms with E-state index in [-0.39, 0.29) is 11.5 Å². The number of rotatable bonds is 4. The Hall–Kier alpha value is -0.890. The average Bonchev–Trinajstić information content (AvgIpc) is 2.74. The number of nitrogens with one attached hydrogen (secondary N) is 1. The fourth-order valence-corrected chi connectivity index (χ4v) is 4.42. The van der Waals surface area contributed by atoms with Gasteiger partial charge in [0.05, 0.1) is 6.61 Å². The van der Waals surface area contributed by atoms with E-state index >= 15 is 0 Å². The molecule has 0 fully saturated rings. The molecule has 1 heterocycles. The molecule has 2 rings (SSSR count). The third-order valence-electron chi connectivity index (χ3n) is 2.47. The van der Waals surface area contributed by atoms with Gasteiger partial charge in [0.25, 0.3) is 10.0 Å². The number of aliphatic hydroxyl groups excluding tert-OH is 1. The Morgan fingerprint density at radius 2 is 1.95 bits per heavy atom. The second kappa shape index (κ2) is 5.62. The summed E-state index contributed by atoms with van der Waals surface area (Å²) in [4.78, 5) is 1.51. The van der Waals surface area contributed by atoms with Crippen LogP contribution >= 0.6 is 27.3 Å². The molecule has 4 nitrogen and oxygen atoms in total. The molecule has 102 valence electrons. The van der Waals surface area contributed by atoms with Crippen molar-refractivity contribution in [2.45, 2.75) is 18.4 Å². The molecule has 0 aliphatic carbocycles. The summed E-state index contributed by atoms with van der Waals surface area (Å²) in [6.07, 6.45) is 0. The van der Waals surface area contributed by atoms with Crippen molar-refractivity contribution < 1.29 is 13.5 Å². The quantitative estimate of drug-likeness (QED) is 0.878. The fourth-order valence-electron chi connectivity index (χ4n) is 1.60. The fraction of sp³-hybridized carbons (Fsp3) is 0.167. The molecule has 1 aromatic heterocycles. The molecule has 1 aromatic carbocycles. The molecule has 19 heavy (non-hydrogen) atoms. The molecule has 0 atom stereocenters. The Balaban J connectivity index is 2.31. The lowest BCUT2D eigenvalue weighted by atomic mass is 10.3. The zero-order valence-electron chi connectivity index (χ0n) is 10.1. The van der Waals surface area contributed by atoms with Crippen LogP contribution < -0.4 is 4.72 Å². The number of anilines is 1. The van der Waals surface area contributed by atoms with Gasteiger partial charge in [-0.25, -0.2) is 8.42 Å². The first kappa shape index (κ1) is 14.5. The third-order valence-corrected chi connectivity index (χ3v) is 5.67. The zero-order chi connectivity index (χ0) is 14.0. The predicted octanol–water partition coefficient (Wildman–Crippen LogP) is 3.11. The van der Waals surface area contributed by atoms with Gasteiger partial charge >= 0.3 is 0 Å². The predicted molar refractivity (Wildman–Crippen MR) is 79.9 cm³/mol. The van der Waals surface area contributed by atoms with Gasteiger partial charge in [-0.15, -0.1) is 11.3 Å². The SMILES string of the molecule is Cc1sc(CO)cc1S(=O)(=O)Nc1ccc(Br)cc1. The molecule has 2 aromatic rings. The average molecular weight is 362 g/mol. The summed E-state index contributed by atoms with van der Waals surface area (Å²) >= 11 is 4.57. The summed E-state index contributed by atoms with van der Waals surface area (Å²) in [5.74, 6) is 0. The van der Waals surface area contributed by atoms with Gasteiger partial charge in [-0.05, 0) is 37.3 Å². The van der Waals surface area contributed by atoms with Crippen molar-refractivity contribution in [3.8, 4) is 0 Å². The van der Waals surface area contributed by atoms with E-state index in [1.807, 2.05) is 0 Å². The molecule has 0 aliphatic rings. The maximum absolute atomic E-state index is 12.2. The van der Waals surface area contributed by atoms with Gasteiger partial charge in [-0.3, -0.25) is 4.72 Å². The Morgan fingerprint density at radius 1 is 1.32 bits per heavy atom. The van der Waals surface area contributed by atoms with E-state index in [9.17, 15) is 8.42 Å². The first-order chi connectivity index (χ1) is 8.92. The van der Waals surface area contributed by atoms with Crippen LogP contribution in [0.3, 0.4) is 0 Å². The molecule has 0 amide bonds. The first-order valence-corrected chi connectivity index (χ1v) is 8.50. The molecular weight excluding hydrogens is 350 g/mol. The highest BCUT2D eigenvalue weighted by Gasteiger charge is 2.19. The van der Waals surface area contributed by atoms with E-state index in [0.717, 1.165) is 4.47 Å². The van der Waals surface area contributed by atoms with Crippen LogP contribution in [-0.2, 0) is 16.6 Å². The molecule has 0 bridgehead atoms. The Labute approximate surface area is 124 Å². The van der Waals surface area contributed by atoms with E-state index in [4.69, 9.17) is 5.11 Å². The second-order valence-electron chi connectivity index (χ2n) is 3.90. The molecule has 7 heteroatoms. The van der Waals surface area contributed by atoms with Gasteiger partial charge in [0.15, 0.2) is 0 Å². The summed E-state index contributed by atoms with van der Waals surface area (Å²) in [7, 11) is -3.61. The van der Waals surface area contributed by atoms with Crippen molar-refractivity contribution in [2.75, 3.05) is 4.72 Å². The highest BCUT2D eigenvalue weighted by Crippen LogP contribution is 2.27. The van der Waals surface area contributed by atoms with Crippen molar-refractivity contribution in [2.24, 2.45) is 0 Å². The number of benzene rings is 1. The molecule has 2 N–H and O–H groups in total. The molecule has 0 radical (unpaired) electrons. The second-order valence-corrected chi connectivity index (χ2v) is 7.81. The maximum Gasteiger partial charge on any atom is 0.263 e. The number of aliphatic hydroxyl groups is 1. The monoisotopic (exact) mass is 361 g/mol. The van der Waals surface area contributed by atoms with Crippen LogP contribution in [0.4, 0.5) is 5.69 Å². The normalized spacial score (nSPS) is 11.5. The van der Waals surface area contributed by atoms with Crippen molar-refractivity contribution in [1.29, 1.82) is 0 Å². The van der Waals surface area contributed by atoms with Crippen LogP contribution in [0.25, 0.3) is 0 Å². The van der Waals surface area contributed by atoms with Crippen LogP contribution in [0.5, 0.6) is 0 Å². The summed E-state index contributed by atoms with van der Waals surface area (Å²) in [6.45, 7) is 1.57. The van der Waals surface area contributed by atoms with E-state index in [1.54, 1.807) is 31.2 Å². The zero-order valence-corrected chi connectivity index (χ0v) is 13.3. The number of halogens is 1. The standard InChI is InChI=1S/C12H12BrNO3S2/c1-8-12(6-11(7-15)18-8)19(16,17)14-10-4-2-9(13)3-5-10/h2-6,14-15H,7H2,1H3. The van der Waals surface area contributed by atoms with Gasteiger partial charge in [-0.1, -0.05) is 15.9 Å². The van der Waals surface area contributed by atoms with E-state index in [1.165, 1.54) is 17.4 Å². The van der Waals surface area contributed by atoms with Crippen molar-refractivity contribution in [1.82, 2.24) is 0 Å². The van der Waals surface area contributed by atoms with Crippen LogP contribution in [0.2, 0.25) is 0 Å². The van der Waals surface area contributed by atoms with Gasteiger partial charge in [0.1, 0.15) is 4.90 Å². The van der Waals surface area contributed by atoms with Crippen LogP contribution in [0, 0.1) is 6.92 Å². The largest absolute Gasteiger partial charge is 0.391 e. The van der Waals surface area contributed by atoms with Crippen LogP contribution in [-0.4, -0.2) is 13.5 Å². The van der Waals surface area contributed by atoms with Crippen molar-refractivity contribution >= 4 is 43.0 Å². The molecular formula is C12H12BrNO3S2. The van der Waals surface area contributed by atoms with Crippen LogP contribution in [0.15, 0.2) is 39.7 Å². The lowest BCUT2D eigenvalue weighted by Crippen LogP contribution is -2.13. The smallest absolute Gasteiger partial charge is 0.263 e. The summed E-state index contributed by atoms with van der Waals surface area (Å²) in [5.41, 5.74) is 0.499. The molecule has 0 aliphatic heterocycles. The first-order valence-electron chi connectivity index (χ1n) is 5.41. The topological polar surface area (TPSA) is 66.4 Å². The summed E-state index contributed by atoms with van der Waals surface area (Å²) in [6, 6.07) is 8.38. The van der Waals surface area contributed by atoms with E-state index < -0.39 is 10.0 Å². The minimum absolute atomic E-state index is 0.153. The highest BCUT2D eigenvalue weighted by atomic mass is 79.9. The highest BCUT2D eigenvalue weighted by molar-refractivity contribution is 9.10. The third kappa shape index (κ3) is 3.36. The van der Waals surface area contributed by atoms with E-state index in [2.05, 4.69) is 20.7 Å². The maximum atomic E-state index is 12.2. The minimum Gasteiger partial charge on any atom is -0.391 e. The molecule has 0 saturated heterocycles. The Bertz CT molecular complexity index is 678. The Kier molecular flexibility index (Phi) is 4.29. The summed E-state index contributed by atoms with van der Waals surface area (Å²) < 4.78 is 27.9. The lowest BCUT2D eigenvalue weighted by Gasteiger charge is -2.07. The van der Waals surface area contributed by atoms with Gasteiger partial charge in [0, 0.05) is 19.9 Å². The molecule has 0 saturated carbocycles. The van der Waals surface area contributed by atoms with Crippen molar-refractivity contribution in [3.63, 3.8) is 0 Å². The number of aryl methyl sites for hydroxylation is 1. The van der Waals surface area contributed by atoms with Gasteiger partial charge in [-0.2, -0.15) is 0 Å². The minimum atomic E-state index is -3.61. The number of sulfonamides is 1. The lowest BCUT2D eigenvalue weighted by molar-refractivity contribution is 0.285. The Morgan fingerprint density at radius 3 is 2.47 bits per heavy atom. The summed E-state index contributed by atoms with van der Waals surface area (Å²) in [5, 5.41) is 9.05. The number of hydrogen-bond acceptors (Lipinski definition) is 4. The van der Waals surface area contributed by atoms with E-state index in [0.29, 0.717) is 15.4 Å². The van der Waals surface area contributed by atoms with Gasteiger partial charge in [0.2, 0.25) is 0 Å². The molecule has 0 spiro atoms. The van der Waals surface area contributed by atoms with Gasteiger partial charge < -0.3 is 5.11 Å². The number of hydrogen-bond donors (Lipinski definition) is 2. The van der Waals surface area contributed by atoms with Crippen LogP contribution in [0.1, 0.15) is 9.75 Å². The molecule has 0 unspecified atom stereocenters.